The van der Waals surface area contributed by atoms with Crippen LogP contribution in [0.1, 0.15) is 52.4 Å². The van der Waals surface area contributed by atoms with Gasteiger partial charge in [0.1, 0.15) is 0 Å². The maximum Gasteiger partial charge on any atom is 0.306 e. The highest BCUT2D eigenvalue weighted by atomic mass is 16.5. The molecule has 4 nitrogen and oxygen atoms in total. The van der Waals surface area contributed by atoms with Crippen LogP contribution in [-0.4, -0.2) is 35.9 Å². The molecule has 1 saturated carbocycles. The van der Waals surface area contributed by atoms with Gasteiger partial charge in [0.05, 0.1) is 17.6 Å². The molecule has 0 bridgehead atoms. The average molecular weight is 269 g/mol. The van der Waals surface area contributed by atoms with Gasteiger partial charge in [0.15, 0.2) is 0 Å². The van der Waals surface area contributed by atoms with Crippen LogP contribution in [0.3, 0.4) is 0 Å². The molecule has 0 aromatic heterocycles. The molecule has 2 rings (SSSR count). The Morgan fingerprint density at radius 1 is 1.21 bits per heavy atom. The van der Waals surface area contributed by atoms with Gasteiger partial charge in [-0.2, -0.15) is 0 Å². The Kier molecular flexibility index (Phi) is 4.85. The van der Waals surface area contributed by atoms with Crippen LogP contribution < -0.4 is 5.32 Å². The topological polar surface area (TPSA) is 58.6 Å². The van der Waals surface area contributed by atoms with Gasteiger partial charge in [0.25, 0.3) is 0 Å². The van der Waals surface area contributed by atoms with Gasteiger partial charge in [-0.25, -0.2) is 0 Å². The van der Waals surface area contributed by atoms with E-state index in [1.165, 1.54) is 0 Å². The fourth-order valence-electron chi connectivity index (χ4n) is 3.28. The van der Waals surface area contributed by atoms with E-state index in [0.717, 1.165) is 51.6 Å². The molecule has 0 aromatic rings. The number of ether oxygens (including phenoxy) is 1. The molecule has 1 heterocycles. The summed E-state index contributed by atoms with van der Waals surface area (Å²) in [6, 6.07) is 0. The molecule has 19 heavy (non-hydrogen) atoms. The summed E-state index contributed by atoms with van der Waals surface area (Å²) in [7, 11) is 0. The third-order valence-corrected chi connectivity index (χ3v) is 4.56. The van der Waals surface area contributed by atoms with Crippen molar-refractivity contribution < 1.29 is 14.6 Å². The van der Waals surface area contributed by atoms with Gasteiger partial charge in [-0.3, -0.25) is 4.79 Å². The highest BCUT2D eigenvalue weighted by Gasteiger charge is 2.31. The van der Waals surface area contributed by atoms with Crippen LogP contribution in [0.5, 0.6) is 0 Å². The van der Waals surface area contributed by atoms with Gasteiger partial charge in [0, 0.05) is 6.54 Å². The van der Waals surface area contributed by atoms with E-state index in [1.807, 2.05) is 0 Å². The summed E-state index contributed by atoms with van der Waals surface area (Å²) in [6.45, 7) is 6.25. The van der Waals surface area contributed by atoms with Crippen LogP contribution in [0.2, 0.25) is 0 Å². The highest BCUT2D eigenvalue weighted by molar-refractivity contribution is 5.69. The Morgan fingerprint density at radius 3 is 2.42 bits per heavy atom. The summed E-state index contributed by atoms with van der Waals surface area (Å²) >= 11 is 0. The lowest BCUT2D eigenvalue weighted by atomic mass is 9.82. The van der Waals surface area contributed by atoms with Crippen LogP contribution in [0.15, 0.2) is 0 Å². The van der Waals surface area contributed by atoms with Gasteiger partial charge in [0.2, 0.25) is 0 Å². The van der Waals surface area contributed by atoms with E-state index in [-0.39, 0.29) is 11.5 Å². The summed E-state index contributed by atoms with van der Waals surface area (Å²) in [5, 5.41) is 12.5. The Labute approximate surface area is 115 Å². The third kappa shape index (κ3) is 4.46. The first-order chi connectivity index (χ1) is 8.96. The first kappa shape index (κ1) is 14.8. The number of carboxylic acids is 1. The lowest BCUT2D eigenvalue weighted by Gasteiger charge is -2.27. The molecule has 1 saturated heterocycles. The molecule has 110 valence electrons. The molecule has 0 spiro atoms. The maximum atomic E-state index is 10.9. The van der Waals surface area contributed by atoms with Crippen LogP contribution in [0.25, 0.3) is 0 Å². The van der Waals surface area contributed by atoms with E-state index < -0.39 is 5.97 Å². The Morgan fingerprint density at radius 2 is 1.89 bits per heavy atom. The first-order valence-corrected chi connectivity index (χ1v) is 7.57. The van der Waals surface area contributed by atoms with Gasteiger partial charge in [-0.05, 0) is 64.8 Å². The maximum absolute atomic E-state index is 10.9. The lowest BCUT2D eigenvalue weighted by molar-refractivity contribution is -0.143. The second-order valence-corrected chi connectivity index (χ2v) is 6.75. The second kappa shape index (κ2) is 6.23. The van der Waals surface area contributed by atoms with Crippen LogP contribution in [0.4, 0.5) is 0 Å². The molecule has 0 amide bonds. The Bertz CT molecular complexity index is 309. The summed E-state index contributed by atoms with van der Waals surface area (Å²) in [6.07, 6.45) is 6.41. The average Bonchev–Trinajstić information content (AvgIpc) is 2.69. The van der Waals surface area contributed by atoms with E-state index in [9.17, 15) is 4.79 Å². The summed E-state index contributed by atoms with van der Waals surface area (Å²) in [5.74, 6) is -0.0757. The van der Waals surface area contributed by atoms with Crippen LogP contribution >= 0.6 is 0 Å². The van der Waals surface area contributed by atoms with E-state index in [2.05, 4.69) is 19.2 Å². The fraction of sp³-hybridized carbons (Fsp3) is 0.933. The summed E-state index contributed by atoms with van der Waals surface area (Å²) in [5.41, 5.74) is 0.0475. The SMILES string of the molecule is CC1(C)CCC(CNCC2CCC(C(=O)O)CC2)O1. The van der Waals surface area contributed by atoms with E-state index in [0.29, 0.717) is 12.0 Å². The minimum absolute atomic E-state index is 0.0475. The van der Waals surface area contributed by atoms with Crippen LogP contribution in [-0.2, 0) is 9.53 Å². The zero-order valence-corrected chi connectivity index (χ0v) is 12.2. The zero-order valence-electron chi connectivity index (χ0n) is 12.2. The number of carboxylic acid groups (broad SMARTS) is 1. The van der Waals surface area contributed by atoms with Crippen molar-refractivity contribution in [3.05, 3.63) is 0 Å². The summed E-state index contributed by atoms with van der Waals surface area (Å²) < 4.78 is 5.95. The van der Waals surface area contributed by atoms with Gasteiger partial charge in [-0.1, -0.05) is 0 Å². The van der Waals surface area contributed by atoms with Crippen molar-refractivity contribution in [3.8, 4) is 0 Å². The molecule has 0 aromatic carbocycles. The number of aliphatic carboxylic acids is 1. The minimum atomic E-state index is -0.618. The normalized spacial score (nSPS) is 34.3. The van der Waals surface area contributed by atoms with Crippen molar-refractivity contribution >= 4 is 5.97 Å². The predicted molar refractivity (Wildman–Crippen MR) is 74.1 cm³/mol. The van der Waals surface area contributed by atoms with E-state index in [1.54, 1.807) is 0 Å². The van der Waals surface area contributed by atoms with Crippen molar-refractivity contribution in [2.24, 2.45) is 11.8 Å². The van der Waals surface area contributed by atoms with Crippen molar-refractivity contribution in [2.45, 2.75) is 64.1 Å². The molecule has 2 N–H and O–H groups in total. The Hall–Kier alpha value is -0.610. The zero-order chi connectivity index (χ0) is 13.9. The quantitative estimate of drug-likeness (QED) is 0.805. The Balaban J connectivity index is 1.59. The smallest absolute Gasteiger partial charge is 0.306 e. The van der Waals surface area contributed by atoms with Gasteiger partial charge in [-0.15, -0.1) is 0 Å². The van der Waals surface area contributed by atoms with Crippen LogP contribution in [0, 0.1) is 11.8 Å². The molecule has 1 atom stereocenters. The molecule has 1 aliphatic heterocycles. The van der Waals surface area contributed by atoms with E-state index in [4.69, 9.17) is 9.84 Å². The van der Waals surface area contributed by atoms with Gasteiger partial charge < -0.3 is 15.2 Å². The van der Waals surface area contributed by atoms with Crippen molar-refractivity contribution in [1.82, 2.24) is 5.32 Å². The lowest BCUT2D eigenvalue weighted by Crippen LogP contribution is -2.34. The molecular formula is C15H27NO3. The largest absolute Gasteiger partial charge is 0.481 e. The summed E-state index contributed by atoms with van der Waals surface area (Å²) in [4.78, 5) is 10.9. The molecule has 4 heteroatoms. The third-order valence-electron chi connectivity index (χ3n) is 4.56. The molecule has 0 radical (unpaired) electrons. The fourth-order valence-corrected chi connectivity index (χ4v) is 3.28. The van der Waals surface area contributed by atoms with E-state index >= 15 is 0 Å². The second-order valence-electron chi connectivity index (χ2n) is 6.75. The van der Waals surface area contributed by atoms with Crippen molar-refractivity contribution in [3.63, 3.8) is 0 Å². The van der Waals surface area contributed by atoms with Crippen molar-refractivity contribution in [1.29, 1.82) is 0 Å². The molecular weight excluding hydrogens is 242 g/mol. The molecule has 1 aliphatic carbocycles. The standard InChI is InChI=1S/C15H27NO3/c1-15(2)8-7-13(19-15)10-16-9-11-3-5-12(6-4-11)14(17)18/h11-13,16H,3-10H2,1-2H3,(H,17,18). The number of nitrogens with one attached hydrogen (secondary N) is 1. The molecule has 1 unspecified atom stereocenters. The number of rotatable bonds is 5. The number of hydrogen-bond donors (Lipinski definition) is 2. The monoisotopic (exact) mass is 269 g/mol. The molecule has 2 fully saturated rings. The van der Waals surface area contributed by atoms with Gasteiger partial charge >= 0.3 is 5.97 Å². The van der Waals surface area contributed by atoms with Crippen molar-refractivity contribution in [2.75, 3.05) is 13.1 Å². The number of carbonyl (C=O) groups is 1. The number of hydrogen-bond acceptors (Lipinski definition) is 3. The first-order valence-electron chi connectivity index (χ1n) is 7.57. The predicted octanol–water partition coefficient (Wildman–Crippen LogP) is 2.42. The highest BCUT2D eigenvalue weighted by Crippen LogP contribution is 2.30. The minimum Gasteiger partial charge on any atom is -0.481 e. The molecule has 2 aliphatic rings.